The molecule has 1 aromatic rings. The molecule has 0 fully saturated rings. The maximum absolute atomic E-state index is 14.6. The molecule has 1 atom stereocenters. The number of Topliss-reactive ketones (excluding diaryl/α,β-unsaturated/α-hetero) is 1. The van der Waals surface area contributed by atoms with Crippen LogP contribution in [-0.2, 0) is 19.1 Å². The number of esters is 1. The average Bonchev–Trinajstić information content (AvgIpc) is 2.52. The van der Waals surface area contributed by atoms with Crippen LogP contribution in [-0.4, -0.2) is 18.4 Å². The molecule has 27 heavy (non-hydrogen) atoms. The van der Waals surface area contributed by atoms with E-state index in [0.29, 0.717) is 6.42 Å². The molecule has 1 aromatic carbocycles. The highest BCUT2D eigenvalue weighted by Gasteiger charge is 2.46. The van der Waals surface area contributed by atoms with Gasteiger partial charge < -0.3 is 15.2 Å². The Bertz CT molecular complexity index is 866. The summed E-state index contributed by atoms with van der Waals surface area (Å²) in [7, 11) is 0. The van der Waals surface area contributed by atoms with Gasteiger partial charge in [0.25, 0.3) is 0 Å². The molecule has 1 aliphatic heterocycles. The first-order valence-electron chi connectivity index (χ1n) is 8.71. The molecule has 0 saturated carbocycles. The lowest BCUT2D eigenvalue weighted by Crippen LogP contribution is -2.36. The summed E-state index contributed by atoms with van der Waals surface area (Å²) in [5.41, 5.74) is 4.95. The fourth-order valence-corrected chi connectivity index (χ4v) is 3.67. The van der Waals surface area contributed by atoms with Crippen LogP contribution in [0.15, 0.2) is 41.0 Å². The smallest absolute Gasteiger partial charge is 0.340 e. The van der Waals surface area contributed by atoms with Crippen molar-refractivity contribution >= 4 is 11.8 Å². The summed E-state index contributed by atoms with van der Waals surface area (Å²) in [6.07, 6.45) is 0.523. The minimum atomic E-state index is -1.31. The molecule has 0 spiro atoms. The van der Waals surface area contributed by atoms with Gasteiger partial charge in [-0.1, -0.05) is 19.9 Å². The summed E-state index contributed by atoms with van der Waals surface area (Å²) in [5, 5.41) is 0. The number of hydrogen-bond acceptors (Lipinski definition) is 5. The van der Waals surface area contributed by atoms with E-state index in [1.54, 1.807) is 6.92 Å². The molecular formula is C20H21F2NO4. The zero-order valence-corrected chi connectivity index (χ0v) is 15.4. The molecule has 7 heteroatoms. The van der Waals surface area contributed by atoms with Gasteiger partial charge in [-0.05, 0) is 24.5 Å². The Labute approximate surface area is 155 Å². The van der Waals surface area contributed by atoms with Crippen LogP contribution in [0.1, 0.15) is 45.1 Å². The first-order valence-corrected chi connectivity index (χ1v) is 8.71. The van der Waals surface area contributed by atoms with E-state index in [4.69, 9.17) is 15.2 Å². The van der Waals surface area contributed by atoms with E-state index < -0.39 is 34.5 Å². The number of halogens is 2. The molecule has 1 aliphatic carbocycles. The standard InChI is InChI=1S/C20H21F2NO4/c1-4-26-19(25)17-16(14-10(21)6-5-7-11(14)22)15-12(24)8-20(2,3)9-13(15)27-18(17)23/h5-7,16H,4,8-9,23H2,1-3H3/t16-/m0/s1. The van der Waals surface area contributed by atoms with Crippen LogP contribution in [0.2, 0.25) is 0 Å². The molecule has 0 radical (unpaired) electrons. The van der Waals surface area contributed by atoms with Crippen molar-refractivity contribution in [1.82, 2.24) is 0 Å². The zero-order valence-electron chi connectivity index (χ0n) is 15.4. The number of ketones is 1. The number of rotatable bonds is 3. The molecular weight excluding hydrogens is 356 g/mol. The van der Waals surface area contributed by atoms with Crippen LogP contribution in [0, 0.1) is 17.0 Å². The van der Waals surface area contributed by atoms with Gasteiger partial charge in [-0.3, -0.25) is 4.79 Å². The van der Waals surface area contributed by atoms with Gasteiger partial charge in [-0.2, -0.15) is 0 Å². The van der Waals surface area contributed by atoms with Gasteiger partial charge in [0.2, 0.25) is 5.88 Å². The van der Waals surface area contributed by atoms with Crippen molar-refractivity contribution in [3.05, 3.63) is 58.2 Å². The van der Waals surface area contributed by atoms with Crippen LogP contribution in [0.5, 0.6) is 0 Å². The Morgan fingerprint density at radius 2 is 1.93 bits per heavy atom. The minimum Gasteiger partial charge on any atom is -0.462 e. The van der Waals surface area contributed by atoms with Crippen molar-refractivity contribution in [2.24, 2.45) is 11.1 Å². The molecule has 2 N–H and O–H groups in total. The number of hydrogen-bond donors (Lipinski definition) is 1. The number of carbonyl (C=O) groups is 2. The van der Waals surface area contributed by atoms with Gasteiger partial charge in [0.15, 0.2) is 5.78 Å². The topological polar surface area (TPSA) is 78.6 Å². The first kappa shape index (κ1) is 19.1. The van der Waals surface area contributed by atoms with E-state index in [2.05, 4.69) is 0 Å². The largest absolute Gasteiger partial charge is 0.462 e. The van der Waals surface area contributed by atoms with Crippen molar-refractivity contribution in [3.63, 3.8) is 0 Å². The Balaban J connectivity index is 2.26. The highest BCUT2D eigenvalue weighted by atomic mass is 19.1. The van der Waals surface area contributed by atoms with E-state index in [0.717, 1.165) is 12.1 Å². The maximum atomic E-state index is 14.6. The van der Waals surface area contributed by atoms with Gasteiger partial charge >= 0.3 is 5.97 Å². The van der Waals surface area contributed by atoms with Crippen molar-refractivity contribution < 1.29 is 27.8 Å². The van der Waals surface area contributed by atoms with Gasteiger partial charge in [-0.25, -0.2) is 13.6 Å². The third-order valence-electron chi connectivity index (χ3n) is 4.74. The van der Waals surface area contributed by atoms with Gasteiger partial charge in [0.05, 0.1) is 12.5 Å². The summed E-state index contributed by atoms with van der Waals surface area (Å²) in [5.74, 6) is -4.31. The Morgan fingerprint density at radius 3 is 2.52 bits per heavy atom. The third kappa shape index (κ3) is 3.34. The Kier molecular flexibility index (Phi) is 4.80. The van der Waals surface area contributed by atoms with Crippen molar-refractivity contribution in [1.29, 1.82) is 0 Å². The molecule has 0 bridgehead atoms. The molecule has 1 heterocycles. The predicted octanol–water partition coefficient (Wildman–Crippen LogP) is 3.46. The van der Waals surface area contributed by atoms with Crippen molar-refractivity contribution in [3.8, 4) is 0 Å². The number of benzene rings is 1. The summed E-state index contributed by atoms with van der Waals surface area (Å²) < 4.78 is 39.8. The van der Waals surface area contributed by atoms with Gasteiger partial charge in [0, 0.05) is 24.0 Å². The minimum absolute atomic E-state index is 0.0367. The van der Waals surface area contributed by atoms with Crippen molar-refractivity contribution in [2.75, 3.05) is 6.61 Å². The van der Waals surface area contributed by atoms with Crippen LogP contribution < -0.4 is 5.73 Å². The number of allylic oxidation sites excluding steroid dienone is 2. The normalized spacial score (nSPS) is 21.7. The average molecular weight is 377 g/mol. The Hall–Kier alpha value is -2.70. The zero-order chi connectivity index (χ0) is 19.9. The number of nitrogens with two attached hydrogens (primary N) is 1. The van der Waals surface area contributed by atoms with Gasteiger partial charge in [-0.15, -0.1) is 0 Å². The summed E-state index contributed by atoms with van der Waals surface area (Å²) in [6, 6.07) is 3.36. The van der Waals surface area contributed by atoms with Crippen LogP contribution in [0.4, 0.5) is 8.78 Å². The monoisotopic (exact) mass is 377 g/mol. The highest BCUT2D eigenvalue weighted by Crippen LogP contribution is 2.49. The fourth-order valence-electron chi connectivity index (χ4n) is 3.67. The second-order valence-corrected chi connectivity index (χ2v) is 7.45. The van der Waals surface area contributed by atoms with E-state index in [1.165, 1.54) is 6.07 Å². The first-order chi connectivity index (χ1) is 12.7. The molecule has 0 aromatic heterocycles. The molecule has 0 amide bonds. The van der Waals surface area contributed by atoms with E-state index in [1.807, 2.05) is 13.8 Å². The molecule has 2 aliphatic rings. The lowest BCUT2D eigenvalue weighted by molar-refractivity contribution is -0.139. The molecule has 0 saturated heterocycles. The third-order valence-corrected chi connectivity index (χ3v) is 4.74. The fraction of sp³-hybridized carbons (Fsp3) is 0.400. The van der Waals surface area contributed by atoms with Crippen LogP contribution in [0.25, 0.3) is 0 Å². The molecule has 3 rings (SSSR count). The van der Waals surface area contributed by atoms with E-state index in [-0.39, 0.29) is 41.6 Å². The summed E-state index contributed by atoms with van der Waals surface area (Å²) in [4.78, 5) is 25.4. The SMILES string of the molecule is CCOC(=O)C1=C(N)OC2=C(C(=O)CC(C)(C)C2)[C@@H]1c1c(F)cccc1F. The summed E-state index contributed by atoms with van der Waals surface area (Å²) in [6.45, 7) is 5.40. The van der Waals surface area contributed by atoms with Crippen LogP contribution >= 0.6 is 0 Å². The number of carbonyl (C=O) groups excluding carboxylic acids is 2. The van der Waals surface area contributed by atoms with Crippen LogP contribution in [0.3, 0.4) is 0 Å². The molecule has 5 nitrogen and oxygen atoms in total. The summed E-state index contributed by atoms with van der Waals surface area (Å²) >= 11 is 0. The molecule has 144 valence electrons. The maximum Gasteiger partial charge on any atom is 0.340 e. The predicted molar refractivity (Wildman–Crippen MR) is 93.1 cm³/mol. The second-order valence-electron chi connectivity index (χ2n) is 7.45. The Morgan fingerprint density at radius 1 is 1.30 bits per heavy atom. The van der Waals surface area contributed by atoms with Gasteiger partial charge in [0.1, 0.15) is 23.0 Å². The highest BCUT2D eigenvalue weighted by molar-refractivity contribution is 6.03. The van der Waals surface area contributed by atoms with E-state index in [9.17, 15) is 18.4 Å². The molecule has 0 unspecified atom stereocenters. The quantitative estimate of drug-likeness (QED) is 0.816. The van der Waals surface area contributed by atoms with Crippen molar-refractivity contribution in [2.45, 2.75) is 39.5 Å². The second kappa shape index (κ2) is 6.79. The van der Waals surface area contributed by atoms with E-state index >= 15 is 0 Å². The lowest BCUT2D eigenvalue weighted by atomic mass is 9.70. The number of ether oxygens (including phenoxy) is 2. The lowest BCUT2D eigenvalue weighted by Gasteiger charge is -2.38.